The van der Waals surface area contributed by atoms with Gasteiger partial charge in [-0.3, -0.25) is 9.59 Å². The minimum atomic E-state index is -0.119. The van der Waals surface area contributed by atoms with Gasteiger partial charge in [0.1, 0.15) is 0 Å². The van der Waals surface area contributed by atoms with Gasteiger partial charge in [0, 0.05) is 36.3 Å². The van der Waals surface area contributed by atoms with Gasteiger partial charge in [0.15, 0.2) is 5.16 Å². The van der Waals surface area contributed by atoms with Crippen molar-refractivity contribution in [1.82, 2.24) is 24.8 Å². The second-order valence-corrected chi connectivity index (χ2v) is 8.26. The predicted molar refractivity (Wildman–Crippen MR) is 108 cm³/mol. The summed E-state index contributed by atoms with van der Waals surface area (Å²) in [5.74, 6) is -0.119. The number of benzene rings is 1. The first kappa shape index (κ1) is 18.6. The number of thioether (sulfide) groups is 1. The number of aryl methyl sites for hydroxylation is 1. The van der Waals surface area contributed by atoms with Crippen LogP contribution in [0.2, 0.25) is 0 Å². The molecule has 1 N–H and O–H groups in total. The summed E-state index contributed by atoms with van der Waals surface area (Å²) in [5, 5.41) is 4.93. The highest BCUT2D eigenvalue weighted by Gasteiger charge is 2.24. The summed E-state index contributed by atoms with van der Waals surface area (Å²) in [7, 11) is 1.66. The first-order valence-electron chi connectivity index (χ1n) is 9.30. The van der Waals surface area contributed by atoms with Crippen LogP contribution in [0.1, 0.15) is 36.0 Å². The van der Waals surface area contributed by atoms with Crippen LogP contribution in [0.4, 0.5) is 0 Å². The number of nitrogens with zero attached hydrogens (tertiary/aromatic N) is 4. The van der Waals surface area contributed by atoms with Crippen molar-refractivity contribution in [2.75, 3.05) is 0 Å². The van der Waals surface area contributed by atoms with Gasteiger partial charge < -0.3 is 9.88 Å². The van der Waals surface area contributed by atoms with E-state index in [1.165, 1.54) is 10.9 Å². The van der Waals surface area contributed by atoms with Crippen molar-refractivity contribution in [3.8, 4) is 0 Å². The Morgan fingerprint density at radius 1 is 1.14 bits per heavy atom. The monoisotopic (exact) mass is 395 g/mol. The molecule has 1 saturated carbocycles. The summed E-state index contributed by atoms with van der Waals surface area (Å²) < 4.78 is 1.43. The molecule has 7 nitrogen and oxygen atoms in total. The summed E-state index contributed by atoms with van der Waals surface area (Å²) >= 11 is 1.71. The van der Waals surface area contributed by atoms with E-state index in [2.05, 4.69) is 20.3 Å². The van der Waals surface area contributed by atoms with Crippen LogP contribution in [0.25, 0.3) is 10.9 Å². The van der Waals surface area contributed by atoms with Gasteiger partial charge in [-0.1, -0.05) is 11.8 Å². The van der Waals surface area contributed by atoms with Gasteiger partial charge in [0.25, 0.3) is 11.5 Å². The van der Waals surface area contributed by atoms with Crippen LogP contribution in [0.15, 0.2) is 52.9 Å². The molecule has 0 bridgehead atoms. The number of hydrogen-bond acceptors (Lipinski definition) is 6. The molecule has 1 amide bonds. The summed E-state index contributed by atoms with van der Waals surface area (Å²) in [6.07, 6.45) is 8.89. The van der Waals surface area contributed by atoms with Crippen LogP contribution in [0.3, 0.4) is 0 Å². The Labute approximate surface area is 166 Å². The third-order valence-electron chi connectivity index (χ3n) is 5.00. The lowest BCUT2D eigenvalue weighted by Gasteiger charge is -2.28. The van der Waals surface area contributed by atoms with Gasteiger partial charge in [0.2, 0.25) is 0 Å². The zero-order valence-corrected chi connectivity index (χ0v) is 16.4. The molecule has 1 aliphatic rings. The fourth-order valence-corrected chi connectivity index (χ4v) is 4.49. The van der Waals surface area contributed by atoms with Crippen molar-refractivity contribution in [3.05, 3.63) is 58.9 Å². The first-order valence-corrected chi connectivity index (χ1v) is 10.2. The molecule has 3 aromatic rings. The molecule has 0 saturated heterocycles. The molecule has 144 valence electrons. The number of hydrogen-bond donors (Lipinski definition) is 1. The highest BCUT2D eigenvalue weighted by atomic mass is 32.2. The topological polar surface area (TPSA) is 89.8 Å². The Morgan fingerprint density at radius 2 is 1.89 bits per heavy atom. The minimum Gasteiger partial charge on any atom is -0.349 e. The molecule has 0 unspecified atom stereocenters. The fraction of sp³-hybridized carbons (Fsp3) is 0.350. The van der Waals surface area contributed by atoms with Crippen LogP contribution in [0, 0.1) is 0 Å². The molecule has 2 aromatic heterocycles. The highest BCUT2D eigenvalue weighted by Crippen LogP contribution is 2.31. The van der Waals surface area contributed by atoms with E-state index in [-0.39, 0.29) is 17.5 Å². The van der Waals surface area contributed by atoms with Crippen LogP contribution in [0.5, 0.6) is 0 Å². The summed E-state index contributed by atoms with van der Waals surface area (Å²) in [4.78, 5) is 37.5. The predicted octanol–water partition coefficient (Wildman–Crippen LogP) is 2.56. The number of carbonyl (C=O) groups is 1. The Balaban J connectivity index is 1.36. The van der Waals surface area contributed by atoms with Crippen LogP contribution >= 0.6 is 11.8 Å². The molecule has 0 spiro atoms. The van der Waals surface area contributed by atoms with E-state index in [1.54, 1.807) is 49.4 Å². The zero-order valence-electron chi connectivity index (χ0n) is 15.5. The average molecular weight is 395 g/mol. The van der Waals surface area contributed by atoms with E-state index >= 15 is 0 Å². The molecule has 1 aliphatic carbocycles. The van der Waals surface area contributed by atoms with Crippen molar-refractivity contribution in [1.29, 1.82) is 0 Å². The number of rotatable bonds is 4. The molecule has 8 heteroatoms. The molecule has 4 rings (SSSR count). The first-order chi connectivity index (χ1) is 13.6. The molecule has 1 fully saturated rings. The summed E-state index contributed by atoms with van der Waals surface area (Å²) in [6.45, 7) is 0. The highest BCUT2D eigenvalue weighted by molar-refractivity contribution is 7.99. The summed E-state index contributed by atoms with van der Waals surface area (Å²) in [5.41, 5.74) is 0.955. The standard InChI is InChI=1S/C20H21N5O2S/c1-25-12-23-17-11-13(3-8-16(17)19(25)27)18(26)24-14-4-6-15(7-5-14)28-20-21-9-2-10-22-20/h2-3,8-12,14-15H,4-7H2,1H3,(H,24,26). The van der Waals surface area contributed by atoms with Crippen LogP contribution in [-0.2, 0) is 7.05 Å². The van der Waals surface area contributed by atoms with E-state index in [4.69, 9.17) is 0 Å². The molecule has 28 heavy (non-hydrogen) atoms. The quantitative estimate of drug-likeness (QED) is 0.683. The molecule has 2 heterocycles. The third-order valence-corrected chi connectivity index (χ3v) is 6.23. The van der Waals surface area contributed by atoms with E-state index in [0.29, 0.717) is 21.7 Å². The minimum absolute atomic E-state index is 0.116. The maximum Gasteiger partial charge on any atom is 0.260 e. The molecular formula is C20H21N5O2S. The van der Waals surface area contributed by atoms with E-state index in [0.717, 1.165) is 30.8 Å². The van der Waals surface area contributed by atoms with E-state index in [9.17, 15) is 9.59 Å². The van der Waals surface area contributed by atoms with Crippen LogP contribution in [-0.4, -0.2) is 36.7 Å². The lowest BCUT2D eigenvalue weighted by Crippen LogP contribution is -2.38. The van der Waals surface area contributed by atoms with Crippen molar-refractivity contribution < 1.29 is 4.79 Å². The van der Waals surface area contributed by atoms with Crippen molar-refractivity contribution in [2.24, 2.45) is 7.05 Å². The normalized spacial score (nSPS) is 19.5. The summed E-state index contributed by atoms with van der Waals surface area (Å²) in [6, 6.07) is 7.02. The Bertz CT molecular complexity index is 1050. The fourth-order valence-electron chi connectivity index (χ4n) is 3.44. The van der Waals surface area contributed by atoms with Crippen molar-refractivity contribution >= 4 is 28.6 Å². The number of carbonyl (C=O) groups excluding carboxylic acids is 1. The van der Waals surface area contributed by atoms with E-state index in [1.807, 2.05) is 6.07 Å². The second-order valence-electron chi connectivity index (χ2n) is 6.99. The van der Waals surface area contributed by atoms with Gasteiger partial charge in [0.05, 0.1) is 17.2 Å². The lowest BCUT2D eigenvalue weighted by molar-refractivity contribution is 0.0928. The Kier molecular flexibility index (Phi) is 5.38. The molecule has 0 radical (unpaired) electrons. The molecule has 0 aliphatic heterocycles. The maximum absolute atomic E-state index is 12.6. The number of amides is 1. The lowest BCUT2D eigenvalue weighted by atomic mass is 9.94. The molecular weight excluding hydrogens is 374 g/mol. The van der Waals surface area contributed by atoms with Gasteiger partial charge in [-0.05, 0) is 49.9 Å². The maximum atomic E-state index is 12.6. The van der Waals surface area contributed by atoms with Gasteiger partial charge in [-0.15, -0.1) is 0 Å². The van der Waals surface area contributed by atoms with Gasteiger partial charge in [-0.2, -0.15) is 0 Å². The third kappa shape index (κ3) is 4.06. The smallest absolute Gasteiger partial charge is 0.260 e. The Hall–Kier alpha value is -2.74. The number of aromatic nitrogens is 4. The SMILES string of the molecule is Cn1cnc2cc(C(=O)NC3CCC(Sc4ncccn4)CC3)ccc2c1=O. The number of fused-ring (bicyclic) bond motifs is 1. The Morgan fingerprint density at radius 3 is 2.64 bits per heavy atom. The van der Waals surface area contributed by atoms with Gasteiger partial charge >= 0.3 is 0 Å². The largest absolute Gasteiger partial charge is 0.349 e. The molecule has 1 aromatic carbocycles. The number of nitrogens with one attached hydrogen (secondary N) is 1. The average Bonchev–Trinajstić information content (AvgIpc) is 2.73. The molecule has 0 atom stereocenters. The zero-order chi connectivity index (χ0) is 19.5. The van der Waals surface area contributed by atoms with E-state index < -0.39 is 0 Å². The van der Waals surface area contributed by atoms with Crippen molar-refractivity contribution in [3.63, 3.8) is 0 Å². The van der Waals surface area contributed by atoms with Crippen LogP contribution < -0.4 is 10.9 Å². The van der Waals surface area contributed by atoms with Gasteiger partial charge in [-0.25, -0.2) is 15.0 Å². The van der Waals surface area contributed by atoms with Crippen molar-refractivity contribution in [2.45, 2.75) is 42.1 Å². The second kappa shape index (κ2) is 8.10.